The minimum atomic E-state index is -0.445. The first-order valence-electron chi connectivity index (χ1n) is 8.08. The quantitative estimate of drug-likeness (QED) is 0.891. The molecule has 1 aromatic heterocycles. The van der Waals surface area contributed by atoms with Gasteiger partial charge in [-0.05, 0) is 31.9 Å². The molecule has 2 amide bonds. The molecule has 0 bridgehead atoms. The Bertz CT molecular complexity index is 726. The maximum absolute atomic E-state index is 12.6. The lowest BCUT2D eigenvalue weighted by Crippen LogP contribution is -2.43. The molecular weight excluding hydrogens is 306 g/mol. The van der Waals surface area contributed by atoms with E-state index in [1.807, 2.05) is 32.0 Å². The van der Waals surface area contributed by atoms with E-state index in [1.54, 1.807) is 22.0 Å². The van der Waals surface area contributed by atoms with Gasteiger partial charge in [0.2, 0.25) is 5.91 Å². The van der Waals surface area contributed by atoms with E-state index >= 15 is 0 Å². The van der Waals surface area contributed by atoms with Gasteiger partial charge in [0, 0.05) is 18.2 Å². The summed E-state index contributed by atoms with van der Waals surface area (Å²) in [5, 5.41) is 6.94. The van der Waals surface area contributed by atoms with Crippen LogP contribution in [0, 0.1) is 0 Å². The number of carbonyl (C=O) groups excluding carboxylic acids is 2. The standard InChI is InChI=1S/C17H21N5O2/c1-12(2)22-8-7-15(17(22)24)20-16(23)14-6-4-3-5-13(14)9-21-11-18-10-19-21/h3-6,10-12,15H,7-9H2,1-2H3,(H,20,23). The molecule has 0 saturated carbocycles. The minimum Gasteiger partial charge on any atom is -0.340 e. The average molecular weight is 327 g/mol. The van der Waals surface area contributed by atoms with E-state index in [0.29, 0.717) is 25.1 Å². The zero-order chi connectivity index (χ0) is 17.1. The van der Waals surface area contributed by atoms with Gasteiger partial charge in [-0.15, -0.1) is 0 Å². The van der Waals surface area contributed by atoms with E-state index in [0.717, 1.165) is 5.56 Å². The normalized spacial score (nSPS) is 17.5. The molecule has 1 saturated heterocycles. The highest BCUT2D eigenvalue weighted by Gasteiger charge is 2.34. The zero-order valence-corrected chi connectivity index (χ0v) is 13.8. The molecule has 1 aliphatic heterocycles. The molecule has 24 heavy (non-hydrogen) atoms. The predicted molar refractivity (Wildman–Crippen MR) is 88.3 cm³/mol. The highest BCUT2D eigenvalue weighted by molar-refractivity contribution is 5.99. The van der Waals surface area contributed by atoms with Crippen molar-refractivity contribution in [3.8, 4) is 0 Å². The monoisotopic (exact) mass is 327 g/mol. The van der Waals surface area contributed by atoms with Gasteiger partial charge in [-0.25, -0.2) is 9.67 Å². The highest BCUT2D eigenvalue weighted by atomic mass is 16.2. The van der Waals surface area contributed by atoms with Crippen LogP contribution in [0.1, 0.15) is 36.2 Å². The van der Waals surface area contributed by atoms with Gasteiger partial charge < -0.3 is 10.2 Å². The fourth-order valence-electron chi connectivity index (χ4n) is 2.95. The lowest BCUT2D eigenvalue weighted by Gasteiger charge is -2.21. The van der Waals surface area contributed by atoms with Gasteiger partial charge in [-0.2, -0.15) is 5.10 Å². The lowest BCUT2D eigenvalue weighted by atomic mass is 10.1. The Morgan fingerprint density at radius 3 is 2.83 bits per heavy atom. The molecule has 7 nitrogen and oxygen atoms in total. The number of carbonyl (C=O) groups is 2. The molecule has 0 aliphatic carbocycles. The summed E-state index contributed by atoms with van der Waals surface area (Å²) in [4.78, 5) is 30.7. The van der Waals surface area contributed by atoms with Crippen molar-refractivity contribution in [3.63, 3.8) is 0 Å². The molecule has 2 aromatic rings. The van der Waals surface area contributed by atoms with E-state index < -0.39 is 6.04 Å². The maximum Gasteiger partial charge on any atom is 0.252 e. The van der Waals surface area contributed by atoms with Crippen LogP contribution in [-0.2, 0) is 11.3 Å². The van der Waals surface area contributed by atoms with Gasteiger partial charge in [0.1, 0.15) is 18.7 Å². The summed E-state index contributed by atoms with van der Waals surface area (Å²) in [7, 11) is 0. The van der Waals surface area contributed by atoms with Crippen molar-refractivity contribution < 1.29 is 9.59 Å². The molecule has 1 aromatic carbocycles. The van der Waals surface area contributed by atoms with Gasteiger partial charge in [-0.3, -0.25) is 9.59 Å². The number of amides is 2. The fraction of sp³-hybridized carbons (Fsp3) is 0.412. The number of aromatic nitrogens is 3. The molecule has 2 heterocycles. The lowest BCUT2D eigenvalue weighted by molar-refractivity contribution is -0.130. The number of benzene rings is 1. The summed E-state index contributed by atoms with van der Waals surface area (Å²) >= 11 is 0. The Balaban J connectivity index is 1.73. The van der Waals surface area contributed by atoms with Crippen LogP contribution in [0.5, 0.6) is 0 Å². The molecule has 1 unspecified atom stereocenters. The number of likely N-dealkylation sites (tertiary alicyclic amines) is 1. The third kappa shape index (κ3) is 3.29. The summed E-state index contributed by atoms with van der Waals surface area (Å²) in [6.45, 7) is 5.10. The molecule has 1 aliphatic rings. The SMILES string of the molecule is CC(C)N1CCC(NC(=O)c2ccccc2Cn2cncn2)C1=O. The van der Waals surface area contributed by atoms with Crippen LogP contribution in [0.25, 0.3) is 0 Å². The second-order valence-corrected chi connectivity index (χ2v) is 6.19. The summed E-state index contributed by atoms with van der Waals surface area (Å²) in [5.41, 5.74) is 1.40. The fourth-order valence-corrected chi connectivity index (χ4v) is 2.95. The summed E-state index contributed by atoms with van der Waals surface area (Å²) in [6.07, 6.45) is 3.71. The van der Waals surface area contributed by atoms with E-state index in [-0.39, 0.29) is 17.9 Å². The topological polar surface area (TPSA) is 80.1 Å². The molecule has 0 spiro atoms. The molecular formula is C17H21N5O2. The van der Waals surface area contributed by atoms with E-state index in [2.05, 4.69) is 15.4 Å². The smallest absolute Gasteiger partial charge is 0.252 e. The Hall–Kier alpha value is -2.70. The molecule has 1 atom stereocenters. The van der Waals surface area contributed by atoms with Crippen molar-refractivity contribution in [2.45, 2.75) is 38.9 Å². The second kappa shape index (κ2) is 6.82. The highest BCUT2D eigenvalue weighted by Crippen LogP contribution is 2.16. The van der Waals surface area contributed by atoms with Crippen LogP contribution in [0.15, 0.2) is 36.9 Å². The van der Waals surface area contributed by atoms with Gasteiger partial charge in [0.25, 0.3) is 5.91 Å². The van der Waals surface area contributed by atoms with Crippen molar-refractivity contribution in [1.29, 1.82) is 0 Å². The van der Waals surface area contributed by atoms with E-state index in [4.69, 9.17) is 0 Å². The largest absolute Gasteiger partial charge is 0.340 e. The molecule has 0 radical (unpaired) electrons. The van der Waals surface area contributed by atoms with Crippen molar-refractivity contribution in [1.82, 2.24) is 25.0 Å². The third-order valence-electron chi connectivity index (χ3n) is 4.23. The second-order valence-electron chi connectivity index (χ2n) is 6.19. The minimum absolute atomic E-state index is 0.00731. The number of hydrogen-bond acceptors (Lipinski definition) is 4. The number of nitrogens with zero attached hydrogens (tertiary/aromatic N) is 4. The van der Waals surface area contributed by atoms with Crippen molar-refractivity contribution in [2.24, 2.45) is 0 Å². The van der Waals surface area contributed by atoms with E-state index in [9.17, 15) is 9.59 Å². The van der Waals surface area contributed by atoms with Crippen LogP contribution in [-0.4, -0.2) is 50.1 Å². The molecule has 3 rings (SSSR count). The van der Waals surface area contributed by atoms with Crippen molar-refractivity contribution in [3.05, 3.63) is 48.0 Å². The first-order chi connectivity index (χ1) is 11.6. The van der Waals surface area contributed by atoms with Crippen LogP contribution >= 0.6 is 0 Å². The van der Waals surface area contributed by atoms with Gasteiger partial charge in [0.15, 0.2) is 0 Å². The zero-order valence-electron chi connectivity index (χ0n) is 13.8. The van der Waals surface area contributed by atoms with E-state index in [1.165, 1.54) is 6.33 Å². The summed E-state index contributed by atoms with van der Waals surface area (Å²) in [5.74, 6) is -0.234. The summed E-state index contributed by atoms with van der Waals surface area (Å²) < 4.78 is 1.66. The van der Waals surface area contributed by atoms with Crippen molar-refractivity contribution >= 4 is 11.8 Å². The van der Waals surface area contributed by atoms with Crippen LogP contribution in [0.3, 0.4) is 0 Å². The predicted octanol–water partition coefficient (Wildman–Crippen LogP) is 1.07. The Morgan fingerprint density at radius 1 is 1.38 bits per heavy atom. The Labute approximate surface area is 140 Å². The average Bonchev–Trinajstić information content (AvgIpc) is 3.18. The van der Waals surface area contributed by atoms with Gasteiger partial charge in [0.05, 0.1) is 6.54 Å². The van der Waals surface area contributed by atoms with Crippen LogP contribution in [0.2, 0.25) is 0 Å². The number of nitrogens with one attached hydrogen (secondary N) is 1. The maximum atomic E-state index is 12.6. The molecule has 1 N–H and O–H groups in total. The Kier molecular flexibility index (Phi) is 4.59. The third-order valence-corrected chi connectivity index (χ3v) is 4.23. The first-order valence-corrected chi connectivity index (χ1v) is 8.08. The van der Waals surface area contributed by atoms with Crippen molar-refractivity contribution in [2.75, 3.05) is 6.54 Å². The van der Waals surface area contributed by atoms with Gasteiger partial charge >= 0.3 is 0 Å². The van der Waals surface area contributed by atoms with Gasteiger partial charge in [-0.1, -0.05) is 18.2 Å². The van der Waals surface area contributed by atoms with Crippen LogP contribution in [0.4, 0.5) is 0 Å². The van der Waals surface area contributed by atoms with Crippen LogP contribution < -0.4 is 5.32 Å². The molecule has 1 fully saturated rings. The number of hydrogen-bond donors (Lipinski definition) is 1. The Morgan fingerprint density at radius 2 is 2.17 bits per heavy atom. The number of rotatable bonds is 5. The molecule has 126 valence electrons. The summed E-state index contributed by atoms with van der Waals surface area (Å²) in [6, 6.07) is 7.05. The molecule has 7 heteroatoms. The first kappa shape index (κ1) is 16.2.